The highest BCUT2D eigenvalue weighted by Gasteiger charge is 2.14. The maximum Gasteiger partial charge on any atom is -0.0146 e. The Morgan fingerprint density at radius 1 is 0.375 bits per heavy atom. The molecule has 0 spiro atoms. The summed E-state index contributed by atoms with van der Waals surface area (Å²) in [4.78, 5) is 0. The molecule has 168 valence electrons. The van der Waals surface area contributed by atoms with Gasteiger partial charge in [0, 0.05) is 0 Å². The molecule has 0 fully saturated rings. The maximum absolute atomic E-state index is 2.29. The highest BCUT2D eigenvalue weighted by Crippen LogP contribution is 2.34. The molecule has 0 heterocycles. The SMILES string of the molecule is CC(C)c1ccc2ccccc2c1C(C)C.CC(C)c1ccc2ccccc2c1C(C)C. The molecule has 32 heavy (non-hydrogen) atoms. The van der Waals surface area contributed by atoms with Crippen molar-refractivity contribution in [1.29, 1.82) is 0 Å². The zero-order valence-corrected chi connectivity index (χ0v) is 21.2. The second-order valence-electron chi connectivity index (χ2n) is 10.2. The molecular weight excluding hydrogens is 384 g/mol. The number of benzene rings is 4. The van der Waals surface area contributed by atoms with Crippen LogP contribution in [0.1, 0.15) is 101 Å². The van der Waals surface area contributed by atoms with Crippen LogP contribution in [0.15, 0.2) is 72.8 Å². The highest BCUT2D eigenvalue weighted by molar-refractivity contribution is 5.88. The van der Waals surface area contributed by atoms with E-state index in [0.29, 0.717) is 23.7 Å². The Labute approximate surface area is 195 Å². The summed E-state index contributed by atoms with van der Waals surface area (Å²) in [5.41, 5.74) is 6.03. The molecule has 0 aliphatic carbocycles. The van der Waals surface area contributed by atoms with E-state index in [9.17, 15) is 0 Å². The fourth-order valence-corrected chi connectivity index (χ4v) is 4.92. The Bertz CT molecular complexity index is 1080. The van der Waals surface area contributed by atoms with E-state index < -0.39 is 0 Å². The van der Waals surface area contributed by atoms with Crippen LogP contribution < -0.4 is 0 Å². The topological polar surface area (TPSA) is 0 Å². The lowest BCUT2D eigenvalue weighted by atomic mass is 9.86. The van der Waals surface area contributed by atoms with Crippen molar-refractivity contribution in [1.82, 2.24) is 0 Å². The molecule has 0 bridgehead atoms. The van der Waals surface area contributed by atoms with Crippen molar-refractivity contribution >= 4 is 21.5 Å². The van der Waals surface area contributed by atoms with Gasteiger partial charge in [0.2, 0.25) is 0 Å². The summed E-state index contributed by atoms with van der Waals surface area (Å²) in [5.74, 6) is 2.37. The third-order valence-corrected chi connectivity index (χ3v) is 6.41. The molecule has 4 rings (SSSR count). The zero-order chi connectivity index (χ0) is 23.4. The molecule has 0 N–H and O–H groups in total. The molecule has 4 aromatic rings. The number of rotatable bonds is 4. The van der Waals surface area contributed by atoms with Gasteiger partial charge in [0.1, 0.15) is 0 Å². The van der Waals surface area contributed by atoms with E-state index in [1.165, 1.54) is 43.8 Å². The van der Waals surface area contributed by atoms with E-state index in [0.717, 1.165) is 0 Å². The summed E-state index contributed by atoms with van der Waals surface area (Å²) in [7, 11) is 0. The first-order valence-corrected chi connectivity index (χ1v) is 12.2. The lowest BCUT2D eigenvalue weighted by molar-refractivity contribution is 0.798. The monoisotopic (exact) mass is 424 g/mol. The van der Waals surface area contributed by atoms with Gasteiger partial charge in [-0.2, -0.15) is 0 Å². The van der Waals surface area contributed by atoms with Gasteiger partial charge in [-0.15, -0.1) is 0 Å². The minimum Gasteiger partial charge on any atom is -0.0616 e. The standard InChI is InChI=1S/2C16H20/c2*1-11(2)14-10-9-13-7-5-6-8-15(13)16(14)12(3)4/h2*5-12H,1-4H3. The van der Waals surface area contributed by atoms with Gasteiger partial charge >= 0.3 is 0 Å². The highest BCUT2D eigenvalue weighted by atomic mass is 14.2. The number of hydrogen-bond acceptors (Lipinski definition) is 0. The molecule has 0 atom stereocenters. The second kappa shape index (κ2) is 10.3. The molecule has 0 heteroatoms. The Kier molecular flexibility index (Phi) is 7.77. The first-order chi connectivity index (χ1) is 15.2. The molecule has 0 aliphatic rings. The van der Waals surface area contributed by atoms with Crippen molar-refractivity contribution in [3.8, 4) is 0 Å². The summed E-state index contributed by atoms with van der Waals surface area (Å²) in [6, 6.07) is 26.5. The van der Waals surface area contributed by atoms with Gasteiger partial charge in [-0.1, -0.05) is 128 Å². The molecule has 0 aromatic heterocycles. The molecule has 0 saturated heterocycles. The third-order valence-electron chi connectivity index (χ3n) is 6.41. The van der Waals surface area contributed by atoms with Crippen LogP contribution in [0.4, 0.5) is 0 Å². The predicted octanol–water partition coefficient (Wildman–Crippen LogP) is 10.2. The van der Waals surface area contributed by atoms with Crippen LogP contribution in [0.2, 0.25) is 0 Å². The summed E-state index contributed by atoms with van der Waals surface area (Å²) in [6.07, 6.45) is 0. The third kappa shape index (κ3) is 5.07. The van der Waals surface area contributed by atoms with Gasteiger partial charge in [-0.05, 0) is 67.5 Å². The smallest absolute Gasteiger partial charge is 0.0146 e. The number of hydrogen-bond donors (Lipinski definition) is 0. The Morgan fingerprint density at radius 3 is 1.03 bits per heavy atom. The van der Waals surface area contributed by atoms with Crippen molar-refractivity contribution in [2.45, 2.75) is 79.1 Å². The quantitative estimate of drug-likeness (QED) is 0.305. The fourth-order valence-electron chi connectivity index (χ4n) is 4.92. The van der Waals surface area contributed by atoms with Crippen LogP contribution in [-0.2, 0) is 0 Å². The minimum absolute atomic E-state index is 0.587. The van der Waals surface area contributed by atoms with E-state index in [1.54, 1.807) is 0 Å². The van der Waals surface area contributed by atoms with E-state index in [4.69, 9.17) is 0 Å². The van der Waals surface area contributed by atoms with Crippen LogP contribution in [0.25, 0.3) is 21.5 Å². The summed E-state index contributed by atoms with van der Waals surface area (Å²) >= 11 is 0. The summed E-state index contributed by atoms with van der Waals surface area (Å²) < 4.78 is 0. The fraction of sp³-hybridized carbons (Fsp3) is 0.375. The largest absolute Gasteiger partial charge is 0.0616 e. The second-order valence-corrected chi connectivity index (χ2v) is 10.2. The molecule has 0 amide bonds. The minimum atomic E-state index is 0.587. The van der Waals surface area contributed by atoms with Crippen molar-refractivity contribution in [2.24, 2.45) is 0 Å². The molecule has 0 unspecified atom stereocenters. The molecule has 0 saturated carbocycles. The maximum atomic E-state index is 2.29. The molecule has 0 nitrogen and oxygen atoms in total. The molecule has 0 radical (unpaired) electrons. The first-order valence-electron chi connectivity index (χ1n) is 12.2. The van der Waals surface area contributed by atoms with E-state index >= 15 is 0 Å². The van der Waals surface area contributed by atoms with Crippen LogP contribution in [0.5, 0.6) is 0 Å². The van der Waals surface area contributed by atoms with Gasteiger partial charge in [-0.25, -0.2) is 0 Å². The van der Waals surface area contributed by atoms with E-state index in [2.05, 4.69) is 128 Å². The predicted molar refractivity (Wildman–Crippen MR) is 144 cm³/mol. The summed E-state index contributed by atoms with van der Waals surface area (Å²) in [5, 5.41) is 5.55. The first kappa shape index (κ1) is 24.1. The van der Waals surface area contributed by atoms with Crippen LogP contribution in [0.3, 0.4) is 0 Å². The van der Waals surface area contributed by atoms with Gasteiger partial charge in [0.05, 0.1) is 0 Å². The van der Waals surface area contributed by atoms with Crippen molar-refractivity contribution in [3.63, 3.8) is 0 Å². The lowest BCUT2D eigenvalue weighted by Gasteiger charge is -2.18. The van der Waals surface area contributed by atoms with Gasteiger partial charge in [-0.3, -0.25) is 0 Å². The zero-order valence-electron chi connectivity index (χ0n) is 21.2. The normalized spacial score (nSPS) is 11.6. The average molecular weight is 425 g/mol. The van der Waals surface area contributed by atoms with E-state index in [1.807, 2.05) is 0 Å². The molecular formula is C32H40. The van der Waals surface area contributed by atoms with Crippen molar-refractivity contribution in [3.05, 3.63) is 95.1 Å². The summed E-state index contributed by atoms with van der Waals surface area (Å²) in [6.45, 7) is 18.2. The average Bonchev–Trinajstić information content (AvgIpc) is 2.77. The van der Waals surface area contributed by atoms with E-state index in [-0.39, 0.29) is 0 Å². The Balaban J connectivity index is 0.000000181. The van der Waals surface area contributed by atoms with Gasteiger partial charge in [0.25, 0.3) is 0 Å². The Morgan fingerprint density at radius 2 is 0.719 bits per heavy atom. The van der Waals surface area contributed by atoms with Crippen LogP contribution in [0, 0.1) is 0 Å². The van der Waals surface area contributed by atoms with Gasteiger partial charge in [0.15, 0.2) is 0 Å². The van der Waals surface area contributed by atoms with Crippen LogP contribution in [-0.4, -0.2) is 0 Å². The van der Waals surface area contributed by atoms with Crippen molar-refractivity contribution in [2.75, 3.05) is 0 Å². The van der Waals surface area contributed by atoms with Crippen molar-refractivity contribution < 1.29 is 0 Å². The lowest BCUT2D eigenvalue weighted by Crippen LogP contribution is -1.99. The Hall–Kier alpha value is -2.60. The molecule has 4 aromatic carbocycles. The number of fused-ring (bicyclic) bond motifs is 2. The molecule has 0 aliphatic heterocycles. The van der Waals surface area contributed by atoms with Gasteiger partial charge < -0.3 is 0 Å². The van der Waals surface area contributed by atoms with Crippen LogP contribution >= 0.6 is 0 Å².